The molecule has 8 heteroatoms. The Bertz CT molecular complexity index is 880. The van der Waals surface area contributed by atoms with Gasteiger partial charge in [0.2, 0.25) is 5.91 Å². The lowest BCUT2D eigenvalue weighted by Gasteiger charge is -2.14. The van der Waals surface area contributed by atoms with E-state index in [1.54, 1.807) is 18.2 Å². The topological polar surface area (TPSA) is 75.7 Å². The second kappa shape index (κ2) is 8.02. The van der Waals surface area contributed by atoms with Gasteiger partial charge in [0.05, 0.1) is 12.0 Å². The summed E-state index contributed by atoms with van der Waals surface area (Å²) in [5.41, 5.74) is 0.698. The SMILES string of the molecule is CON(C)S(=O)(=O)c1ccc(NC(=O)/C=C/c2ccccc2F)cc1. The molecule has 2 aromatic rings. The van der Waals surface area contributed by atoms with Gasteiger partial charge < -0.3 is 5.32 Å². The van der Waals surface area contributed by atoms with Crippen LogP contribution in [0.1, 0.15) is 5.56 Å². The van der Waals surface area contributed by atoms with Crippen molar-refractivity contribution in [3.63, 3.8) is 0 Å². The number of hydrogen-bond donors (Lipinski definition) is 1. The average molecular weight is 364 g/mol. The Hall–Kier alpha value is -2.55. The molecule has 1 N–H and O–H groups in total. The van der Waals surface area contributed by atoms with E-state index in [1.807, 2.05) is 0 Å². The zero-order chi connectivity index (χ0) is 18.4. The molecule has 0 heterocycles. The summed E-state index contributed by atoms with van der Waals surface area (Å²) in [4.78, 5) is 16.6. The number of nitrogens with one attached hydrogen (secondary N) is 1. The molecule has 0 aromatic heterocycles. The van der Waals surface area contributed by atoms with E-state index in [1.165, 1.54) is 56.6 Å². The van der Waals surface area contributed by atoms with Crippen LogP contribution in [0.2, 0.25) is 0 Å². The van der Waals surface area contributed by atoms with Crippen molar-refractivity contribution in [3.8, 4) is 0 Å². The molecule has 0 bridgehead atoms. The molecule has 0 saturated carbocycles. The number of carbonyl (C=O) groups is 1. The van der Waals surface area contributed by atoms with Gasteiger partial charge in [-0.05, 0) is 36.4 Å². The van der Waals surface area contributed by atoms with Crippen LogP contribution >= 0.6 is 0 Å². The van der Waals surface area contributed by atoms with Crippen LogP contribution in [-0.4, -0.2) is 33.0 Å². The normalized spacial score (nSPS) is 11.8. The molecule has 0 atom stereocenters. The maximum atomic E-state index is 13.5. The Morgan fingerprint density at radius 2 is 1.80 bits per heavy atom. The molecule has 0 saturated heterocycles. The van der Waals surface area contributed by atoms with Crippen molar-refractivity contribution in [2.24, 2.45) is 0 Å². The number of rotatable bonds is 6. The summed E-state index contributed by atoms with van der Waals surface area (Å²) in [6.45, 7) is 0. The van der Waals surface area contributed by atoms with Gasteiger partial charge in [-0.15, -0.1) is 0 Å². The summed E-state index contributed by atoms with van der Waals surface area (Å²) in [6.07, 6.45) is 2.55. The van der Waals surface area contributed by atoms with Crippen molar-refractivity contribution in [2.45, 2.75) is 4.90 Å². The molecule has 0 fully saturated rings. The van der Waals surface area contributed by atoms with Crippen molar-refractivity contribution >= 4 is 27.7 Å². The molecular weight excluding hydrogens is 347 g/mol. The minimum Gasteiger partial charge on any atom is -0.323 e. The van der Waals surface area contributed by atoms with Gasteiger partial charge in [0.25, 0.3) is 10.0 Å². The number of nitrogens with zero attached hydrogens (tertiary/aromatic N) is 1. The highest BCUT2D eigenvalue weighted by molar-refractivity contribution is 7.89. The molecular formula is C17H17FN2O4S. The first kappa shape index (κ1) is 18.8. The van der Waals surface area contributed by atoms with Crippen molar-refractivity contribution in [1.29, 1.82) is 0 Å². The van der Waals surface area contributed by atoms with E-state index in [4.69, 9.17) is 0 Å². The van der Waals surface area contributed by atoms with Crippen LogP contribution in [0.4, 0.5) is 10.1 Å². The molecule has 2 rings (SSSR count). The third kappa shape index (κ3) is 4.72. The molecule has 0 aliphatic heterocycles. The van der Waals surface area contributed by atoms with Crippen LogP contribution in [0.5, 0.6) is 0 Å². The fraction of sp³-hybridized carbons (Fsp3) is 0.118. The third-order valence-electron chi connectivity index (χ3n) is 3.33. The predicted octanol–water partition coefficient (Wildman–Crippen LogP) is 2.66. The Morgan fingerprint density at radius 1 is 1.16 bits per heavy atom. The average Bonchev–Trinajstić information content (AvgIpc) is 2.60. The first-order valence-corrected chi connectivity index (χ1v) is 8.65. The van der Waals surface area contributed by atoms with Crippen LogP contribution in [0.3, 0.4) is 0 Å². The number of hydroxylamine groups is 1. The predicted molar refractivity (Wildman–Crippen MR) is 92.5 cm³/mol. The zero-order valence-corrected chi connectivity index (χ0v) is 14.5. The highest BCUT2D eigenvalue weighted by Crippen LogP contribution is 2.17. The smallest absolute Gasteiger partial charge is 0.264 e. The Balaban J connectivity index is 2.06. The van der Waals surface area contributed by atoms with Gasteiger partial charge in [-0.1, -0.05) is 22.7 Å². The number of amides is 1. The largest absolute Gasteiger partial charge is 0.323 e. The monoisotopic (exact) mass is 364 g/mol. The lowest BCUT2D eigenvalue weighted by molar-refractivity contribution is -0.111. The molecule has 25 heavy (non-hydrogen) atoms. The summed E-state index contributed by atoms with van der Waals surface area (Å²) < 4.78 is 38.3. The van der Waals surface area contributed by atoms with Crippen LogP contribution < -0.4 is 5.32 Å². The van der Waals surface area contributed by atoms with E-state index in [0.717, 1.165) is 4.47 Å². The molecule has 0 radical (unpaired) electrons. The van der Waals surface area contributed by atoms with Crippen molar-refractivity contribution in [1.82, 2.24) is 4.47 Å². The zero-order valence-electron chi connectivity index (χ0n) is 13.6. The number of carbonyl (C=O) groups excluding carboxylic acids is 1. The molecule has 0 aliphatic rings. The molecule has 1 amide bonds. The van der Waals surface area contributed by atoms with E-state index in [-0.39, 0.29) is 4.90 Å². The highest BCUT2D eigenvalue weighted by atomic mass is 32.2. The molecule has 0 unspecified atom stereocenters. The molecule has 0 spiro atoms. The quantitative estimate of drug-likeness (QED) is 0.632. The Kier molecular flexibility index (Phi) is 6.02. The second-order valence-corrected chi connectivity index (χ2v) is 6.90. The molecule has 2 aromatic carbocycles. The Labute approximate surface area is 145 Å². The van der Waals surface area contributed by atoms with Gasteiger partial charge >= 0.3 is 0 Å². The fourth-order valence-corrected chi connectivity index (χ4v) is 2.89. The van der Waals surface area contributed by atoms with E-state index < -0.39 is 21.7 Å². The number of hydrogen-bond acceptors (Lipinski definition) is 4. The van der Waals surface area contributed by atoms with Crippen LogP contribution in [0.15, 0.2) is 59.5 Å². The number of anilines is 1. The van der Waals surface area contributed by atoms with Crippen molar-refractivity contribution < 1.29 is 22.4 Å². The van der Waals surface area contributed by atoms with Crippen LogP contribution in [0, 0.1) is 5.82 Å². The minimum atomic E-state index is -3.74. The summed E-state index contributed by atoms with van der Waals surface area (Å²) in [6, 6.07) is 11.7. The van der Waals surface area contributed by atoms with Gasteiger partial charge in [-0.25, -0.2) is 12.8 Å². The third-order valence-corrected chi connectivity index (χ3v) is 5.03. The maximum Gasteiger partial charge on any atom is 0.264 e. The summed E-state index contributed by atoms with van der Waals surface area (Å²) in [5.74, 6) is -0.892. The lowest BCUT2D eigenvalue weighted by Crippen LogP contribution is -2.25. The van der Waals surface area contributed by atoms with Crippen LogP contribution in [-0.2, 0) is 19.7 Å². The van der Waals surface area contributed by atoms with E-state index in [9.17, 15) is 17.6 Å². The summed E-state index contributed by atoms with van der Waals surface area (Å²) >= 11 is 0. The molecule has 6 nitrogen and oxygen atoms in total. The maximum absolute atomic E-state index is 13.5. The number of sulfonamides is 1. The van der Waals surface area contributed by atoms with Gasteiger partial charge in [0.1, 0.15) is 5.82 Å². The van der Waals surface area contributed by atoms with E-state index >= 15 is 0 Å². The number of benzene rings is 2. The van der Waals surface area contributed by atoms with Gasteiger partial charge in [-0.2, -0.15) is 0 Å². The molecule has 0 aliphatic carbocycles. The second-order valence-electron chi connectivity index (χ2n) is 4.97. The molecule has 132 valence electrons. The van der Waals surface area contributed by atoms with Crippen LogP contribution in [0.25, 0.3) is 6.08 Å². The van der Waals surface area contributed by atoms with Crippen molar-refractivity contribution in [3.05, 3.63) is 66.0 Å². The highest BCUT2D eigenvalue weighted by Gasteiger charge is 2.20. The van der Waals surface area contributed by atoms with Crippen molar-refractivity contribution in [2.75, 3.05) is 19.5 Å². The first-order chi connectivity index (χ1) is 11.8. The minimum absolute atomic E-state index is 0.0248. The lowest BCUT2D eigenvalue weighted by atomic mass is 10.2. The summed E-state index contributed by atoms with van der Waals surface area (Å²) in [5, 5.41) is 2.57. The van der Waals surface area contributed by atoms with Gasteiger partial charge in [-0.3, -0.25) is 9.63 Å². The van der Waals surface area contributed by atoms with Gasteiger partial charge in [0.15, 0.2) is 0 Å². The van der Waals surface area contributed by atoms with Gasteiger partial charge in [0, 0.05) is 24.4 Å². The Morgan fingerprint density at radius 3 is 2.40 bits per heavy atom. The number of halogens is 1. The first-order valence-electron chi connectivity index (χ1n) is 7.21. The van der Waals surface area contributed by atoms with E-state index in [2.05, 4.69) is 10.2 Å². The fourth-order valence-electron chi connectivity index (χ4n) is 1.92. The summed E-state index contributed by atoms with van der Waals surface area (Å²) in [7, 11) is -1.22. The standard InChI is InChI=1S/C17H17FN2O4S/c1-20(24-2)25(22,23)15-10-8-14(9-11-15)19-17(21)12-7-13-5-3-4-6-16(13)18/h3-12H,1-2H3,(H,19,21)/b12-7+. The van der Waals surface area contributed by atoms with E-state index in [0.29, 0.717) is 11.3 Å².